The molecular weight excluding hydrogens is 394 g/mol. The number of ether oxygens (including phenoxy) is 1. The zero-order valence-electron chi connectivity index (χ0n) is 16.9. The van der Waals surface area contributed by atoms with E-state index < -0.39 is 0 Å². The molecule has 0 bridgehead atoms. The molecule has 0 saturated carbocycles. The van der Waals surface area contributed by atoms with Crippen LogP contribution in [0.3, 0.4) is 0 Å². The van der Waals surface area contributed by atoms with Crippen molar-refractivity contribution in [3.8, 4) is 16.2 Å². The predicted octanol–water partition coefficient (Wildman–Crippen LogP) is 4.08. The lowest BCUT2D eigenvalue weighted by atomic mass is 10.2. The quantitative estimate of drug-likeness (QED) is 0.488. The van der Waals surface area contributed by atoms with Gasteiger partial charge in [0.05, 0.1) is 17.3 Å². The van der Waals surface area contributed by atoms with E-state index in [1.165, 1.54) is 16.0 Å². The number of anilines is 1. The van der Waals surface area contributed by atoms with Crippen molar-refractivity contribution < 1.29 is 4.74 Å². The SMILES string of the molecule is COc1ccc(-c2cc3ncnc(N4CCN(Cc5cccnc5)CC4)c3s2)cc1. The summed E-state index contributed by atoms with van der Waals surface area (Å²) in [4.78, 5) is 19.5. The highest BCUT2D eigenvalue weighted by Gasteiger charge is 2.21. The van der Waals surface area contributed by atoms with Crippen molar-refractivity contribution in [1.29, 1.82) is 0 Å². The lowest BCUT2D eigenvalue weighted by Crippen LogP contribution is -2.46. The number of hydrogen-bond donors (Lipinski definition) is 0. The van der Waals surface area contributed by atoms with Gasteiger partial charge < -0.3 is 9.64 Å². The second-order valence-corrected chi connectivity index (χ2v) is 8.43. The summed E-state index contributed by atoms with van der Waals surface area (Å²) in [5, 5.41) is 0. The first-order valence-corrected chi connectivity index (χ1v) is 10.9. The van der Waals surface area contributed by atoms with Crippen LogP contribution >= 0.6 is 11.3 Å². The van der Waals surface area contributed by atoms with E-state index in [4.69, 9.17) is 4.74 Å². The van der Waals surface area contributed by atoms with Crippen LogP contribution in [0.4, 0.5) is 5.82 Å². The van der Waals surface area contributed by atoms with Crippen LogP contribution in [-0.2, 0) is 6.54 Å². The van der Waals surface area contributed by atoms with Crippen LogP contribution in [0.2, 0.25) is 0 Å². The molecule has 0 amide bonds. The second kappa shape index (κ2) is 8.38. The molecule has 30 heavy (non-hydrogen) atoms. The van der Waals surface area contributed by atoms with E-state index in [1.807, 2.05) is 30.6 Å². The summed E-state index contributed by atoms with van der Waals surface area (Å²) in [6.07, 6.45) is 5.46. The van der Waals surface area contributed by atoms with Gasteiger partial charge in [0, 0.05) is 50.0 Å². The van der Waals surface area contributed by atoms with Gasteiger partial charge in [-0.25, -0.2) is 9.97 Å². The number of hydrogen-bond acceptors (Lipinski definition) is 7. The number of rotatable bonds is 5. The van der Waals surface area contributed by atoms with Crippen molar-refractivity contribution in [2.45, 2.75) is 6.54 Å². The molecule has 1 aromatic carbocycles. The minimum absolute atomic E-state index is 0.865. The molecular formula is C23H23N5OS. The summed E-state index contributed by atoms with van der Waals surface area (Å²) in [6.45, 7) is 4.89. The fourth-order valence-electron chi connectivity index (χ4n) is 3.83. The molecule has 0 atom stereocenters. The van der Waals surface area contributed by atoms with Crippen molar-refractivity contribution in [3.05, 3.63) is 66.7 Å². The molecule has 7 heteroatoms. The van der Waals surface area contributed by atoms with E-state index in [-0.39, 0.29) is 0 Å². The minimum Gasteiger partial charge on any atom is -0.497 e. The van der Waals surface area contributed by atoms with E-state index in [0.717, 1.165) is 54.5 Å². The van der Waals surface area contributed by atoms with E-state index in [0.29, 0.717) is 0 Å². The molecule has 1 aliphatic heterocycles. The molecule has 0 N–H and O–H groups in total. The first-order chi connectivity index (χ1) is 14.8. The Balaban J connectivity index is 1.34. The van der Waals surface area contributed by atoms with Crippen molar-refractivity contribution >= 4 is 27.4 Å². The third kappa shape index (κ3) is 3.86. The highest BCUT2D eigenvalue weighted by molar-refractivity contribution is 7.22. The summed E-state index contributed by atoms with van der Waals surface area (Å²) in [7, 11) is 1.69. The number of thiophene rings is 1. The van der Waals surface area contributed by atoms with Gasteiger partial charge in [-0.15, -0.1) is 11.3 Å². The van der Waals surface area contributed by atoms with Gasteiger partial charge in [0.15, 0.2) is 0 Å². The van der Waals surface area contributed by atoms with Crippen LogP contribution in [0.25, 0.3) is 20.7 Å². The Kier molecular flexibility index (Phi) is 5.29. The number of piperazine rings is 1. The Morgan fingerprint density at radius 1 is 1.03 bits per heavy atom. The summed E-state index contributed by atoms with van der Waals surface area (Å²) < 4.78 is 6.43. The highest BCUT2D eigenvalue weighted by atomic mass is 32.1. The molecule has 4 heterocycles. The van der Waals surface area contributed by atoms with Gasteiger partial charge >= 0.3 is 0 Å². The van der Waals surface area contributed by atoms with Gasteiger partial charge in [-0.05, 0) is 47.5 Å². The van der Waals surface area contributed by atoms with Crippen LogP contribution in [0.5, 0.6) is 5.75 Å². The van der Waals surface area contributed by atoms with E-state index >= 15 is 0 Å². The number of aromatic nitrogens is 3. The number of pyridine rings is 1. The molecule has 0 unspecified atom stereocenters. The largest absolute Gasteiger partial charge is 0.497 e. The monoisotopic (exact) mass is 417 g/mol. The number of nitrogens with zero attached hydrogens (tertiary/aromatic N) is 5. The number of methoxy groups -OCH3 is 1. The van der Waals surface area contributed by atoms with Gasteiger partial charge in [-0.1, -0.05) is 6.07 Å². The summed E-state index contributed by atoms with van der Waals surface area (Å²) in [6, 6.07) is 14.5. The average molecular weight is 418 g/mol. The zero-order valence-corrected chi connectivity index (χ0v) is 17.7. The van der Waals surface area contributed by atoms with Crippen molar-refractivity contribution in [2.75, 3.05) is 38.2 Å². The number of benzene rings is 1. The molecule has 1 fully saturated rings. The number of fused-ring (bicyclic) bond motifs is 1. The molecule has 1 aliphatic rings. The molecule has 4 aromatic rings. The minimum atomic E-state index is 0.865. The molecule has 0 spiro atoms. The second-order valence-electron chi connectivity index (χ2n) is 7.38. The normalized spacial score (nSPS) is 14.9. The Morgan fingerprint density at radius 2 is 1.87 bits per heavy atom. The maximum absolute atomic E-state index is 5.28. The van der Waals surface area contributed by atoms with Crippen LogP contribution in [0.15, 0.2) is 61.2 Å². The topological polar surface area (TPSA) is 54.4 Å². The first-order valence-electron chi connectivity index (χ1n) is 10.1. The molecule has 3 aromatic heterocycles. The third-order valence-corrected chi connectivity index (χ3v) is 6.64. The van der Waals surface area contributed by atoms with E-state index in [9.17, 15) is 0 Å². The Morgan fingerprint density at radius 3 is 2.60 bits per heavy atom. The van der Waals surface area contributed by atoms with Gasteiger partial charge in [-0.3, -0.25) is 9.88 Å². The van der Waals surface area contributed by atoms with Crippen LogP contribution in [0, 0.1) is 0 Å². The lowest BCUT2D eigenvalue weighted by Gasteiger charge is -2.35. The maximum Gasteiger partial charge on any atom is 0.150 e. The molecule has 0 aliphatic carbocycles. The molecule has 152 valence electrons. The molecule has 1 saturated heterocycles. The Hall–Kier alpha value is -3.03. The summed E-state index contributed by atoms with van der Waals surface area (Å²) in [5.74, 6) is 1.91. The van der Waals surface area contributed by atoms with Crippen LogP contribution in [-0.4, -0.2) is 53.1 Å². The Labute approximate surface area is 179 Å². The Bertz CT molecular complexity index is 1120. The fourth-order valence-corrected chi connectivity index (χ4v) is 4.97. The van der Waals surface area contributed by atoms with Crippen LogP contribution in [0.1, 0.15) is 5.56 Å². The zero-order chi connectivity index (χ0) is 20.3. The van der Waals surface area contributed by atoms with Crippen molar-refractivity contribution in [2.24, 2.45) is 0 Å². The van der Waals surface area contributed by atoms with Crippen molar-refractivity contribution in [1.82, 2.24) is 19.9 Å². The lowest BCUT2D eigenvalue weighted by molar-refractivity contribution is 0.249. The van der Waals surface area contributed by atoms with E-state index in [2.05, 4.69) is 49.0 Å². The fraction of sp³-hybridized carbons (Fsp3) is 0.261. The molecule has 6 nitrogen and oxygen atoms in total. The van der Waals surface area contributed by atoms with Crippen molar-refractivity contribution in [3.63, 3.8) is 0 Å². The van der Waals surface area contributed by atoms with Gasteiger partial charge in [-0.2, -0.15) is 0 Å². The molecule has 0 radical (unpaired) electrons. The summed E-state index contributed by atoms with van der Waals surface area (Å²) >= 11 is 1.76. The maximum atomic E-state index is 5.28. The average Bonchev–Trinajstić information content (AvgIpc) is 3.25. The summed E-state index contributed by atoms with van der Waals surface area (Å²) in [5.41, 5.74) is 3.44. The van der Waals surface area contributed by atoms with Crippen LogP contribution < -0.4 is 9.64 Å². The first kappa shape index (κ1) is 19.0. The third-order valence-electron chi connectivity index (χ3n) is 5.47. The van der Waals surface area contributed by atoms with E-state index in [1.54, 1.807) is 24.8 Å². The van der Waals surface area contributed by atoms with Gasteiger partial charge in [0.25, 0.3) is 0 Å². The highest BCUT2D eigenvalue weighted by Crippen LogP contribution is 2.37. The molecule has 5 rings (SSSR count). The predicted molar refractivity (Wildman–Crippen MR) is 121 cm³/mol. The smallest absolute Gasteiger partial charge is 0.150 e. The van der Waals surface area contributed by atoms with Gasteiger partial charge in [0.1, 0.15) is 17.9 Å². The van der Waals surface area contributed by atoms with Gasteiger partial charge in [0.2, 0.25) is 0 Å². The standard InChI is InChI=1S/C23H23N5OS/c1-29-19-6-4-18(5-7-19)21-13-20-22(30-21)23(26-16-25-20)28-11-9-27(10-12-28)15-17-3-2-8-24-14-17/h2-8,13-14,16H,9-12,15H2,1H3.